The van der Waals surface area contributed by atoms with Crippen molar-refractivity contribution in [3.63, 3.8) is 0 Å². The van der Waals surface area contributed by atoms with E-state index in [1.165, 1.54) is 0 Å². The normalized spacial score (nSPS) is 17.5. The first-order valence-electron chi connectivity index (χ1n) is 12.2. The molecule has 8 nitrogen and oxygen atoms in total. The Morgan fingerprint density at radius 3 is 2.20 bits per heavy atom. The number of carbonyl (C=O) groups is 3. The van der Waals surface area contributed by atoms with Crippen LogP contribution in [0.3, 0.4) is 0 Å². The molecular weight excluding hydrogens is 446 g/mol. The van der Waals surface area contributed by atoms with Crippen LogP contribution in [0.1, 0.15) is 59.9 Å². The van der Waals surface area contributed by atoms with Gasteiger partial charge in [0, 0.05) is 30.8 Å². The molecule has 0 saturated carbocycles. The van der Waals surface area contributed by atoms with Crippen molar-refractivity contribution in [3.05, 3.63) is 65.2 Å². The van der Waals surface area contributed by atoms with Crippen LogP contribution >= 0.6 is 0 Å². The van der Waals surface area contributed by atoms with Crippen molar-refractivity contribution < 1.29 is 23.9 Å². The Morgan fingerprint density at radius 1 is 0.943 bits per heavy atom. The SMILES string of the molecule is CCCCOc1ccc(C(=O)NCC(=O)NCc2ccc(C(=O)N3CC(C)OC(C)C3)cc2)cc1. The highest BCUT2D eigenvalue weighted by atomic mass is 16.5. The average molecular weight is 482 g/mol. The Kier molecular flexibility index (Phi) is 9.66. The van der Waals surface area contributed by atoms with Gasteiger partial charge in [-0.3, -0.25) is 14.4 Å². The standard InChI is InChI=1S/C27H35N3O5/c1-4-5-14-34-24-12-10-22(11-13-24)26(32)29-16-25(31)28-15-21-6-8-23(9-7-21)27(33)30-17-19(2)35-20(3)18-30/h6-13,19-20H,4-5,14-18H2,1-3H3,(H,28,31)(H,29,32). The fourth-order valence-corrected chi connectivity index (χ4v) is 3.85. The second kappa shape index (κ2) is 12.9. The maximum atomic E-state index is 12.8. The van der Waals surface area contributed by atoms with Crippen LogP contribution in [0.5, 0.6) is 5.75 Å². The second-order valence-electron chi connectivity index (χ2n) is 8.85. The minimum absolute atomic E-state index is 0.0154. The van der Waals surface area contributed by atoms with Crippen LogP contribution in [0.25, 0.3) is 0 Å². The highest BCUT2D eigenvalue weighted by Crippen LogP contribution is 2.15. The highest BCUT2D eigenvalue weighted by molar-refractivity contribution is 5.96. The van der Waals surface area contributed by atoms with Gasteiger partial charge in [0.25, 0.3) is 11.8 Å². The zero-order valence-corrected chi connectivity index (χ0v) is 20.7. The molecule has 0 spiro atoms. The molecule has 8 heteroatoms. The molecule has 0 aliphatic carbocycles. The molecule has 0 bridgehead atoms. The highest BCUT2D eigenvalue weighted by Gasteiger charge is 2.26. The van der Waals surface area contributed by atoms with Crippen LogP contribution in [0.4, 0.5) is 0 Å². The van der Waals surface area contributed by atoms with Crippen molar-refractivity contribution in [1.82, 2.24) is 15.5 Å². The van der Waals surface area contributed by atoms with Crippen molar-refractivity contribution in [2.75, 3.05) is 26.2 Å². The van der Waals surface area contributed by atoms with Crippen LogP contribution < -0.4 is 15.4 Å². The molecule has 0 aromatic heterocycles. The summed E-state index contributed by atoms with van der Waals surface area (Å²) in [5.41, 5.74) is 1.93. The summed E-state index contributed by atoms with van der Waals surface area (Å²) in [7, 11) is 0. The van der Waals surface area contributed by atoms with Crippen LogP contribution in [-0.2, 0) is 16.1 Å². The van der Waals surface area contributed by atoms with Crippen molar-refractivity contribution in [2.24, 2.45) is 0 Å². The maximum absolute atomic E-state index is 12.8. The van der Waals surface area contributed by atoms with Gasteiger partial charge in [0.05, 0.1) is 25.4 Å². The predicted molar refractivity (Wildman–Crippen MR) is 133 cm³/mol. The third-order valence-electron chi connectivity index (χ3n) is 5.69. The third kappa shape index (κ3) is 8.10. The van der Waals surface area contributed by atoms with E-state index in [4.69, 9.17) is 9.47 Å². The quantitative estimate of drug-likeness (QED) is 0.508. The lowest BCUT2D eigenvalue weighted by molar-refractivity contribution is -0.120. The number of unbranched alkanes of at least 4 members (excludes halogenated alkanes) is 1. The predicted octanol–water partition coefficient (Wildman–Crippen LogP) is 3.16. The zero-order valence-electron chi connectivity index (χ0n) is 20.7. The summed E-state index contributed by atoms with van der Waals surface area (Å²) < 4.78 is 11.3. The van der Waals surface area contributed by atoms with Gasteiger partial charge >= 0.3 is 0 Å². The minimum atomic E-state index is -0.324. The van der Waals surface area contributed by atoms with Gasteiger partial charge in [-0.2, -0.15) is 0 Å². The van der Waals surface area contributed by atoms with Crippen molar-refractivity contribution >= 4 is 17.7 Å². The number of carbonyl (C=O) groups excluding carboxylic acids is 3. The number of hydrogen-bond acceptors (Lipinski definition) is 5. The Morgan fingerprint density at radius 2 is 1.57 bits per heavy atom. The van der Waals surface area contributed by atoms with Crippen molar-refractivity contribution in [3.8, 4) is 5.75 Å². The first-order valence-corrected chi connectivity index (χ1v) is 12.2. The lowest BCUT2D eigenvalue weighted by Gasteiger charge is -2.35. The maximum Gasteiger partial charge on any atom is 0.254 e. The fourth-order valence-electron chi connectivity index (χ4n) is 3.85. The van der Waals surface area contributed by atoms with E-state index >= 15 is 0 Å². The average Bonchev–Trinajstić information content (AvgIpc) is 2.86. The number of hydrogen-bond donors (Lipinski definition) is 2. The summed E-state index contributed by atoms with van der Waals surface area (Å²) in [6, 6.07) is 14.0. The summed E-state index contributed by atoms with van der Waals surface area (Å²) in [5, 5.41) is 5.40. The zero-order chi connectivity index (χ0) is 25.2. The molecule has 0 radical (unpaired) electrons. The van der Waals surface area contributed by atoms with Gasteiger partial charge in [0.2, 0.25) is 5.91 Å². The van der Waals surface area contributed by atoms with Gasteiger partial charge in [-0.25, -0.2) is 0 Å². The molecule has 188 valence electrons. The molecule has 1 heterocycles. The minimum Gasteiger partial charge on any atom is -0.494 e. The molecule has 1 aliphatic rings. The van der Waals surface area contributed by atoms with Gasteiger partial charge < -0.3 is 25.0 Å². The van der Waals surface area contributed by atoms with Crippen LogP contribution in [-0.4, -0.2) is 61.1 Å². The van der Waals surface area contributed by atoms with E-state index in [1.54, 1.807) is 36.4 Å². The fraction of sp³-hybridized carbons (Fsp3) is 0.444. The number of benzene rings is 2. The molecule has 3 amide bonds. The van der Waals surface area contributed by atoms with Crippen molar-refractivity contribution in [1.29, 1.82) is 0 Å². The number of ether oxygens (including phenoxy) is 2. The van der Waals surface area contributed by atoms with Crippen LogP contribution in [0.15, 0.2) is 48.5 Å². The summed E-state index contributed by atoms with van der Waals surface area (Å²) in [6.45, 7) is 7.99. The lowest BCUT2D eigenvalue weighted by atomic mass is 10.1. The number of morpholine rings is 1. The largest absolute Gasteiger partial charge is 0.494 e. The Hall–Kier alpha value is -3.39. The third-order valence-corrected chi connectivity index (χ3v) is 5.69. The Balaban J connectivity index is 1.41. The van der Waals surface area contributed by atoms with E-state index in [9.17, 15) is 14.4 Å². The first-order chi connectivity index (χ1) is 16.9. The molecule has 1 aliphatic heterocycles. The number of amides is 3. The Labute approximate surface area is 207 Å². The van der Waals surface area contributed by atoms with E-state index < -0.39 is 0 Å². The first kappa shape index (κ1) is 26.2. The number of nitrogens with zero attached hydrogens (tertiary/aromatic N) is 1. The molecule has 3 rings (SSSR count). The van der Waals surface area contributed by atoms with Gasteiger partial charge in [-0.05, 0) is 62.2 Å². The molecule has 2 aromatic carbocycles. The lowest BCUT2D eigenvalue weighted by Crippen LogP contribution is -2.48. The molecule has 2 unspecified atom stereocenters. The molecule has 2 aromatic rings. The molecule has 1 fully saturated rings. The molecular formula is C27H35N3O5. The van der Waals surface area contributed by atoms with Gasteiger partial charge in [-0.1, -0.05) is 25.5 Å². The summed E-state index contributed by atoms with van der Waals surface area (Å²) in [4.78, 5) is 39.0. The van der Waals surface area contributed by atoms with Crippen molar-refractivity contribution in [2.45, 2.75) is 52.4 Å². The van der Waals surface area contributed by atoms with Gasteiger partial charge in [0.1, 0.15) is 5.75 Å². The van der Waals surface area contributed by atoms with Gasteiger partial charge in [-0.15, -0.1) is 0 Å². The summed E-state index contributed by atoms with van der Waals surface area (Å²) in [5.74, 6) is 0.0737. The summed E-state index contributed by atoms with van der Waals surface area (Å²) in [6.07, 6.45) is 2.07. The van der Waals surface area contributed by atoms with E-state index in [0.717, 1.165) is 24.2 Å². The van der Waals surface area contributed by atoms with E-state index in [2.05, 4.69) is 17.6 Å². The number of rotatable bonds is 10. The summed E-state index contributed by atoms with van der Waals surface area (Å²) >= 11 is 0. The molecule has 2 N–H and O–H groups in total. The van der Waals surface area contributed by atoms with E-state index in [-0.39, 0.29) is 36.5 Å². The van der Waals surface area contributed by atoms with Crippen LogP contribution in [0, 0.1) is 0 Å². The molecule has 35 heavy (non-hydrogen) atoms. The molecule has 2 atom stereocenters. The van der Waals surface area contributed by atoms with Crippen LogP contribution in [0.2, 0.25) is 0 Å². The molecule has 1 saturated heterocycles. The Bertz CT molecular complexity index is 981. The number of nitrogens with one attached hydrogen (secondary N) is 2. The van der Waals surface area contributed by atoms with Gasteiger partial charge in [0.15, 0.2) is 0 Å². The topological polar surface area (TPSA) is 97.0 Å². The smallest absolute Gasteiger partial charge is 0.254 e. The monoisotopic (exact) mass is 481 g/mol. The second-order valence-corrected chi connectivity index (χ2v) is 8.85. The van der Waals surface area contributed by atoms with E-state index in [0.29, 0.717) is 37.4 Å². The van der Waals surface area contributed by atoms with E-state index in [1.807, 2.05) is 30.9 Å².